The number of halogens is 1. The second kappa shape index (κ2) is 7.81. The van der Waals surface area contributed by atoms with Gasteiger partial charge in [-0.3, -0.25) is 9.59 Å². The van der Waals surface area contributed by atoms with Gasteiger partial charge in [-0.2, -0.15) is 0 Å². The summed E-state index contributed by atoms with van der Waals surface area (Å²) < 4.78 is 5.82. The number of nitrogens with one attached hydrogen (secondary N) is 1. The van der Waals surface area contributed by atoms with Gasteiger partial charge in [0.1, 0.15) is 16.4 Å². The number of ketones is 1. The number of amides is 1. The minimum atomic E-state index is -0.195. The first kappa shape index (κ1) is 19.4. The van der Waals surface area contributed by atoms with E-state index in [1.165, 1.54) is 18.3 Å². The third-order valence-electron chi connectivity index (χ3n) is 4.62. The summed E-state index contributed by atoms with van der Waals surface area (Å²) in [7, 11) is 0. The molecule has 1 N–H and O–H groups in total. The molecule has 0 aliphatic carbocycles. The molecule has 0 atom stereocenters. The monoisotopic (exact) mass is 424 g/mol. The maximum atomic E-state index is 12.7. The highest BCUT2D eigenvalue weighted by Crippen LogP contribution is 2.30. The van der Waals surface area contributed by atoms with E-state index in [9.17, 15) is 9.59 Å². The van der Waals surface area contributed by atoms with Gasteiger partial charge in [0.15, 0.2) is 5.78 Å². The topological polar surface area (TPSA) is 72.2 Å². The van der Waals surface area contributed by atoms with E-state index in [-0.39, 0.29) is 18.2 Å². The fraction of sp³-hybridized carbons (Fsp3) is 0.136. The van der Waals surface area contributed by atoms with Gasteiger partial charge in [0.2, 0.25) is 0 Å². The van der Waals surface area contributed by atoms with Crippen molar-refractivity contribution in [3.63, 3.8) is 0 Å². The summed E-state index contributed by atoms with van der Waals surface area (Å²) in [6.07, 6.45) is 1.55. The van der Waals surface area contributed by atoms with E-state index < -0.39 is 0 Å². The van der Waals surface area contributed by atoms with E-state index in [1.54, 1.807) is 24.4 Å². The van der Waals surface area contributed by atoms with E-state index in [1.807, 2.05) is 31.2 Å². The molecule has 0 unspecified atom stereocenters. The smallest absolute Gasteiger partial charge is 0.262 e. The lowest BCUT2D eigenvalue weighted by Gasteiger charge is -2.03. The molecule has 29 heavy (non-hydrogen) atoms. The van der Waals surface area contributed by atoms with Crippen molar-refractivity contribution in [2.24, 2.45) is 0 Å². The molecule has 0 radical (unpaired) electrons. The van der Waals surface area contributed by atoms with E-state index >= 15 is 0 Å². The Hall–Kier alpha value is -2.96. The van der Waals surface area contributed by atoms with Crippen molar-refractivity contribution >= 4 is 44.8 Å². The molecule has 0 aliphatic rings. The molecule has 0 aliphatic heterocycles. The van der Waals surface area contributed by atoms with Crippen LogP contribution in [0.25, 0.3) is 21.5 Å². The zero-order valence-corrected chi connectivity index (χ0v) is 17.4. The second-order valence-electron chi connectivity index (χ2n) is 6.64. The van der Waals surface area contributed by atoms with Crippen LogP contribution >= 0.6 is 22.9 Å². The molecule has 0 bridgehead atoms. The first-order valence-corrected chi connectivity index (χ1v) is 10.1. The van der Waals surface area contributed by atoms with Crippen LogP contribution in [0.3, 0.4) is 0 Å². The normalized spacial score (nSPS) is 11.0. The van der Waals surface area contributed by atoms with Crippen LogP contribution in [0.2, 0.25) is 5.02 Å². The van der Waals surface area contributed by atoms with Crippen LogP contribution in [0, 0.1) is 6.92 Å². The van der Waals surface area contributed by atoms with Crippen molar-refractivity contribution < 1.29 is 14.0 Å². The lowest BCUT2D eigenvalue weighted by Crippen LogP contribution is -2.22. The molecular formula is C22H17ClN2O3S. The summed E-state index contributed by atoms with van der Waals surface area (Å²) in [5.41, 5.74) is 2.27. The SMILES string of the molecule is CC(=O)c1cnc2sc(C(=O)NCc3ccc(-c4ccc(Cl)cc4)o3)c(C)c2c1. The van der Waals surface area contributed by atoms with Gasteiger partial charge < -0.3 is 9.73 Å². The first-order valence-electron chi connectivity index (χ1n) is 8.95. The van der Waals surface area contributed by atoms with Gasteiger partial charge in [-0.1, -0.05) is 11.6 Å². The largest absolute Gasteiger partial charge is 0.459 e. The fourth-order valence-corrected chi connectivity index (χ4v) is 4.17. The summed E-state index contributed by atoms with van der Waals surface area (Å²) in [4.78, 5) is 29.9. The Morgan fingerprint density at radius 2 is 1.93 bits per heavy atom. The van der Waals surface area contributed by atoms with E-state index in [0.29, 0.717) is 27.0 Å². The molecule has 1 amide bonds. The number of thiophene rings is 1. The Labute approximate surface area is 176 Å². The zero-order valence-electron chi connectivity index (χ0n) is 15.8. The molecule has 0 saturated heterocycles. The first-order chi connectivity index (χ1) is 13.9. The van der Waals surface area contributed by atoms with Crippen LogP contribution in [-0.4, -0.2) is 16.7 Å². The summed E-state index contributed by atoms with van der Waals surface area (Å²) in [6, 6.07) is 12.9. The molecule has 0 saturated carbocycles. The molecule has 3 heterocycles. The number of carbonyl (C=O) groups is 2. The maximum absolute atomic E-state index is 12.7. The van der Waals surface area contributed by atoms with Gasteiger partial charge in [-0.25, -0.2) is 4.98 Å². The van der Waals surface area contributed by atoms with Crippen LogP contribution in [0.4, 0.5) is 0 Å². The Morgan fingerprint density at radius 3 is 2.66 bits per heavy atom. The number of hydrogen-bond donors (Lipinski definition) is 1. The Morgan fingerprint density at radius 1 is 1.17 bits per heavy atom. The molecule has 7 heteroatoms. The average molecular weight is 425 g/mol. The number of benzene rings is 1. The molecule has 146 valence electrons. The van der Waals surface area contributed by atoms with Crippen LogP contribution in [0.15, 0.2) is 53.1 Å². The Balaban J connectivity index is 1.49. The number of carbonyl (C=O) groups excluding carboxylic acids is 2. The summed E-state index contributed by atoms with van der Waals surface area (Å²) in [5, 5.41) is 4.38. The van der Waals surface area contributed by atoms with Crippen molar-refractivity contribution in [1.82, 2.24) is 10.3 Å². The van der Waals surface area contributed by atoms with Crippen molar-refractivity contribution in [3.05, 3.63) is 75.4 Å². The van der Waals surface area contributed by atoms with Crippen LogP contribution in [-0.2, 0) is 6.54 Å². The number of aryl methyl sites for hydroxylation is 1. The van der Waals surface area contributed by atoms with Crippen molar-refractivity contribution in [2.75, 3.05) is 0 Å². The minimum absolute atomic E-state index is 0.0506. The predicted octanol–water partition coefficient (Wildman–Crippen LogP) is 5.65. The second-order valence-corrected chi connectivity index (χ2v) is 8.08. The molecule has 5 nitrogen and oxygen atoms in total. The molecule has 4 rings (SSSR count). The van der Waals surface area contributed by atoms with Gasteiger partial charge in [0, 0.05) is 27.7 Å². The maximum Gasteiger partial charge on any atom is 0.262 e. The molecule has 0 spiro atoms. The number of rotatable bonds is 5. The number of pyridine rings is 1. The van der Waals surface area contributed by atoms with Gasteiger partial charge in [-0.05, 0) is 61.9 Å². The lowest BCUT2D eigenvalue weighted by atomic mass is 10.1. The zero-order chi connectivity index (χ0) is 20.5. The highest BCUT2D eigenvalue weighted by molar-refractivity contribution is 7.20. The number of aromatic nitrogens is 1. The van der Waals surface area contributed by atoms with E-state index in [4.69, 9.17) is 16.0 Å². The van der Waals surface area contributed by atoms with Crippen LogP contribution < -0.4 is 5.32 Å². The Bertz CT molecular complexity index is 1220. The van der Waals surface area contributed by atoms with Crippen LogP contribution in [0.5, 0.6) is 0 Å². The summed E-state index contributed by atoms with van der Waals surface area (Å²) in [6.45, 7) is 3.64. The lowest BCUT2D eigenvalue weighted by molar-refractivity contribution is 0.0950. The third-order valence-corrected chi connectivity index (χ3v) is 6.09. The number of furan rings is 1. The third kappa shape index (κ3) is 3.95. The van der Waals surface area contributed by atoms with Crippen molar-refractivity contribution in [1.29, 1.82) is 0 Å². The average Bonchev–Trinajstić information content (AvgIpc) is 3.31. The number of hydrogen-bond acceptors (Lipinski definition) is 5. The van der Waals surface area contributed by atoms with Crippen molar-refractivity contribution in [3.8, 4) is 11.3 Å². The van der Waals surface area contributed by atoms with Gasteiger partial charge >= 0.3 is 0 Å². The van der Waals surface area contributed by atoms with Crippen LogP contribution in [0.1, 0.15) is 38.3 Å². The van der Waals surface area contributed by atoms with Gasteiger partial charge in [0.05, 0.1) is 11.4 Å². The van der Waals surface area contributed by atoms with Gasteiger partial charge in [0.25, 0.3) is 5.91 Å². The number of Topliss-reactive ketones (excluding diaryl/α,β-unsaturated/α-hetero) is 1. The summed E-state index contributed by atoms with van der Waals surface area (Å²) in [5.74, 6) is 1.12. The fourth-order valence-electron chi connectivity index (χ4n) is 3.00. The number of fused-ring (bicyclic) bond motifs is 1. The van der Waals surface area contributed by atoms with E-state index in [0.717, 1.165) is 21.3 Å². The molecular weight excluding hydrogens is 408 g/mol. The highest BCUT2D eigenvalue weighted by atomic mass is 35.5. The highest BCUT2D eigenvalue weighted by Gasteiger charge is 2.17. The molecule has 0 fully saturated rings. The molecule has 1 aromatic carbocycles. The molecule has 3 aromatic heterocycles. The minimum Gasteiger partial charge on any atom is -0.459 e. The van der Waals surface area contributed by atoms with Gasteiger partial charge in [-0.15, -0.1) is 11.3 Å². The quantitative estimate of drug-likeness (QED) is 0.420. The molecule has 4 aromatic rings. The van der Waals surface area contributed by atoms with E-state index in [2.05, 4.69) is 10.3 Å². The van der Waals surface area contributed by atoms with Crippen molar-refractivity contribution in [2.45, 2.75) is 20.4 Å². The predicted molar refractivity (Wildman–Crippen MR) is 115 cm³/mol. The standard InChI is InChI=1S/C22H17ClN2O3S/c1-12-18-9-15(13(2)26)10-25-22(18)29-20(12)21(27)24-11-17-7-8-19(28-17)14-3-5-16(23)6-4-14/h3-10H,11H2,1-2H3,(H,24,27). The Kier molecular flexibility index (Phi) is 5.22. The number of nitrogens with zero attached hydrogens (tertiary/aromatic N) is 1. The summed E-state index contributed by atoms with van der Waals surface area (Å²) >= 11 is 7.23.